The molecule has 0 aliphatic rings. The van der Waals surface area contributed by atoms with Crippen LogP contribution in [0.4, 0.5) is 5.69 Å². The second-order valence-corrected chi connectivity index (χ2v) is 4.79. The minimum absolute atomic E-state index is 0.635. The summed E-state index contributed by atoms with van der Waals surface area (Å²) in [6.45, 7) is 0.635. The van der Waals surface area contributed by atoms with Crippen LogP contribution >= 0.6 is 15.9 Å². The molecule has 2 aromatic heterocycles. The molecule has 2 heterocycles. The monoisotopic (exact) mass is 318 g/mol. The Kier molecular flexibility index (Phi) is 3.33. The summed E-state index contributed by atoms with van der Waals surface area (Å²) >= 11 is 3.43. The summed E-state index contributed by atoms with van der Waals surface area (Å²) in [4.78, 5) is 3.92. The van der Waals surface area contributed by atoms with Gasteiger partial charge < -0.3 is 9.73 Å². The third kappa shape index (κ3) is 2.68. The zero-order valence-corrected chi connectivity index (χ0v) is 11.5. The van der Waals surface area contributed by atoms with Gasteiger partial charge in [-0.05, 0) is 46.3 Å². The van der Waals surface area contributed by atoms with Crippen LogP contribution in [0.2, 0.25) is 0 Å². The zero-order valence-electron chi connectivity index (χ0n) is 9.95. The molecule has 0 radical (unpaired) electrons. The number of hydrogen-bond donors (Lipinski definition) is 1. The molecule has 0 bridgehead atoms. The Hall–Kier alpha value is -2.08. The smallest absolute Gasteiger partial charge is 0.138 e. The number of rotatable bonds is 4. The van der Waals surface area contributed by atoms with E-state index in [0.29, 0.717) is 6.54 Å². The molecule has 0 unspecified atom stereocenters. The van der Waals surface area contributed by atoms with Gasteiger partial charge in [-0.25, -0.2) is 9.67 Å². The van der Waals surface area contributed by atoms with Crippen molar-refractivity contribution < 1.29 is 4.42 Å². The van der Waals surface area contributed by atoms with E-state index in [0.717, 1.165) is 21.6 Å². The summed E-state index contributed by atoms with van der Waals surface area (Å²) in [6, 6.07) is 9.83. The number of hydrogen-bond acceptors (Lipinski definition) is 4. The summed E-state index contributed by atoms with van der Waals surface area (Å²) in [5, 5.41) is 7.37. The molecule has 0 aliphatic heterocycles. The van der Waals surface area contributed by atoms with Crippen molar-refractivity contribution in [2.24, 2.45) is 0 Å². The first-order valence-corrected chi connectivity index (χ1v) is 6.53. The third-order valence-electron chi connectivity index (χ3n) is 2.69. The lowest BCUT2D eigenvalue weighted by Gasteiger charge is -2.06. The Bertz CT molecular complexity index is 646. The van der Waals surface area contributed by atoms with Crippen LogP contribution in [0, 0.1) is 0 Å². The second kappa shape index (κ2) is 5.27. The molecule has 1 aromatic carbocycles. The van der Waals surface area contributed by atoms with Crippen molar-refractivity contribution in [1.29, 1.82) is 0 Å². The Balaban J connectivity index is 1.68. The molecule has 0 saturated carbocycles. The van der Waals surface area contributed by atoms with E-state index in [-0.39, 0.29) is 0 Å². The van der Waals surface area contributed by atoms with Crippen molar-refractivity contribution in [3.8, 4) is 5.69 Å². The number of nitrogens with one attached hydrogen (secondary N) is 1. The molecule has 6 heteroatoms. The zero-order chi connectivity index (χ0) is 13.1. The van der Waals surface area contributed by atoms with E-state index in [4.69, 9.17) is 4.42 Å². The summed E-state index contributed by atoms with van der Waals surface area (Å²) in [7, 11) is 0. The fraction of sp³-hybridized carbons (Fsp3) is 0.0769. The third-order valence-corrected chi connectivity index (χ3v) is 3.40. The van der Waals surface area contributed by atoms with Crippen LogP contribution in [-0.2, 0) is 6.54 Å². The fourth-order valence-electron chi connectivity index (χ4n) is 1.71. The van der Waals surface area contributed by atoms with Crippen LogP contribution in [0.25, 0.3) is 5.69 Å². The maximum absolute atomic E-state index is 5.34. The lowest BCUT2D eigenvalue weighted by molar-refractivity contribution is 0.516. The van der Waals surface area contributed by atoms with Crippen molar-refractivity contribution >= 4 is 21.6 Å². The van der Waals surface area contributed by atoms with E-state index >= 15 is 0 Å². The topological polar surface area (TPSA) is 55.9 Å². The van der Waals surface area contributed by atoms with E-state index in [1.807, 2.05) is 30.3 Å². The molecule has 0 aliphatic carbocycles. The SMILES string of the molecule is Brc1ccoc1CNc1ccc(-n2cncn2)cc1. The molecule has 3 aromatic rings. The Morgan fingerprint density at radius 2 is 2.05 bits per heavy atom. The molecular weight excluding hydrogens is 308 g/mol. The largest absolute Gasteiger partial charge is 0.466 e. The van der Waals surface area contributed by atoms with E-state index in [1.165, 1.54) is 6.33 Å². The minimum Gasteiger partial charge on any atom is -0.466 e. The van der Waals surface area contributed by atoms with Gasteiger partial charge in [-0.2, -0.15) is 5.10 Å². The summed E-state index contributed by atoms with van der Waals surface area (Å²) in [5.74, 6) is 0.875. The van der Waals surface area contributed by atoms with E-state index in [1.54, 1.807) is 17.3 Å². The molecule has 5 nitrogen and oxygen atoms in total. The average molecular weight is 319 g/mol. The van der Waals surface area contributed by atoms with Crippen LogP contribution in [-0.4, -0.2) is 14.8 Å². The first-order chi connectivity index (χ1) is 9.33. The van der Waals surface area contributed by atoms with Crippen molar-refractivity contribution in [3.63, 3.8) is 0 Å². The first kappa shape index (κ1) is 12.0. The molecular formula is C13H11BrN4O. The number of aromatic nitrogens is 3. The van der Waals surface area contributed by atoms with E-state index in [2.05, 4.69) is 31.3 Å². The highest BCUT2D eigenvalue weighted by molar-refractivity contribution is 9.10. The fourth-order valence-corrected chi connectivity index (χ4v) is 2.05. The van der Waals surface area contributed by atoms with Crippen LogP contribution in [0.3, 0.4) is 0 Å². The van der Waals surface area contributed by atoms with Crippen molar-refractivity contribution in [2.75, 3.05) is 5.32 Å². The maximum Gasteiger partial charge on any atom is 0.138 e. The maximum atomic E-state index is 5.34. The first-order valence-electron chi connectivity index (χ1n) is 5.74. The number of benzene rings is 1. The van der Waals surface area contributed by atoms with Gasteiger partial charge in [0.15, 0.2) is 0 Å². The molecule has 19 heavy (non-hydrogen) atoms. The van der Waals surface area contributed by atoms with Crippen molar-refractivity contribution in [2.45, 2.75) is 6.54 Å². The molecule has 0 spiro atoms. The summed E-state index contributed by atoms with van der Waals surface area (Å²) in [5.41, 5.74) is 1.99. The number of anilines is 1. The Morgan fingerprint density at radius 1 is 1.21 bits per heavy atom. The Labute approximate surface area is 118 Å². The standard InChI is InChI=1S/C13H11BrN4O/c14-12-5-6-19-13(12)7-16-10-1-3-11(4-2-10)18-9-15-8-17-18/h1-6,8-9,16H,7H2. The van der Waals surface area contributed by atoms with Gasteiger partial charge in [-0.1, -0.05) is 0 Å². The van der Waals surface area contributed by atoms with Gasteiger partial charge in [0.1, 0.15) is 18.4 Å². The molecule has 0 atom stereocenters. The van der Waals surface area contributed by atoms with Gasteiger partial charge in [0, 0.05) is 5.69 Å². The van der Waals surface area contributed by atoms with Gasteiger partial charge in [0.05, 0.1) is 23.0 Å². The Morgan fingerprint density at radius 3 is 2.68 bits per heavy atom. The van der Waals surface area contributed by atoms with Crippen molar-refractivity contribution in [1.82, 2.24) is 14.8 Å². The normalized spacial score (nSPS) is 10.6. The van der Waals surface area contributed by atoms with Crippen LogP contribution in [0.1, 0.15) is 5.76 Å². The highest BCUT2D eigenvalue weighted by Crippen LogP contribution is 2.19. The highest BCUT2D eigenvalue weighted by Gasteiger charge is 2.03. The molecule has 0 saturated heterocycles. The lowest BCUT2D eigenvalue weighted by Crippen LogP contribution is -1.99. The predicted octanol–water partition coefficient (Wildman–Crippen LogP) is 3.23. The van der Waals surface area contributed by atoms with Crippen molar-refractivity contribution in [3.05, 3.63) is 59.5 Å². The van der Waals surface area contributed by atoms with Crippen LogP contribution in [0.15, 0.2) is 58.1 Å². The van der Waals surface area contributed by atoms with Gasteiger partial charge in [-0.3, -0.25) is 0 Å². The average Bonchev–Trinajstić information content (AvgIpc) is 3.09. The quantitative estimate of drug-likeness (QED) is 0.802. The van der Waals surface area contributed by atoms with E-state index in [9.17, 15) is 0 Å². The minimum atomic E-state index is 0.635. The predicted molar refractivity (Wildman–Crippen MR) is 75.1 cm³/mol. The lowest BCUT2D eigenvalue weighted by atomic mass is 10.3. The van der Waals surface area contributed by atoms with Gasteiger partial charge in [-0.15, -0.1) is 0 Å². The van der Waals surface area contributed by atoms with Gasteiger partial charge in [0.25, 0.3) is 0 Å². The number of furan rings is 1. The molecule has 0 fully saturated rings. The number of halogens is 1. The molecule has 96 valence electrons. The number of nitrogens with zero attached hydrogens (tertiary/aromatic N) is 3. The molecule has 3 rings (SSSR count). The van der Waals surface area contributed by atoms with Gasteiger partial charge in [0.2, 0.25) is 0 Å². The molecule has 1 N–H and O–H groups in total. The molecule has 0 amide bonds. The summed E-state index contributed by atoms with van der Waals surface area (Å²) in [6.07, 6.45) is 4.85. The summed E-state index contributed by atoms with van der Waals surface area (Å²) < 4.78 is 8.02. The van der Waals surface area contributed by atoms with Crippen LogP contribution < -0.4 is 5.32 Å². The van der Waals surface area contributed by atoms with Gasteiger partial charge >= 0.3 is 0 Å². The highest BCUT2D eigenvalue weighted by atomic mass is 79.9. The van der Waals surface area contributed by atoms with E-state index < -0.39 is 0 Å². The second-order valence-electron chi connectivity index (χ2n) is 3.93. The van der Waals surface area contributed by atoms with Crippen LogP contribution in [0.5, 0.6) is 0 Å².